The van der Waals surface area contributed by atoms with Gasteiger partial charge >= 0.3 is 0 Å². The lowest BCUT2D eigenvalue weighted by Crippen LogP contribution is -2.11. The van der Waals surface area contributed by atoms with Gasteiger partial charge in [0.2, 0.25) is 0 Å². The van der Waals surface area contributed by atoms with Gasteiger partial charge in [-0.25, -0.2) is 0 Å². The minimum Gasteiger partial charge on any atom is -0.457 e. The van der Waals surface area contributed by atoms with Gasteiger partial charge in [0.05, 0.1) is 0 Å². The van der Waals surface area contributed by atoms with Gasteiger partial charge in [-0.2, -0.15) is 0 Å². The number of nitrogens with one attached hydrogen (secondary N) is 1. The lowest BCUT2D eigenvalue weighted by atomic mass is 10.1. The molecule has 0 saturated heterocycles. The van der Waals surface area contributed by atoms with Gasteiger partial charge < -0.3 is 10.1 Å². The van der Waals surface area contributed by atoms with E-state index in [4.69, 9.17) is 4.74 Å². The largest absolute Gasteiger partial charge is 0.457 e. The maximum absolute atomic E-state index is 12.2. The average Bonchev–Trinajstić information content (AvgIpc) is 2.59. The summed E-state index contributed by atoms with van der Waals surface area (Å²) in [4.78, 5) is 12.2. The predicted molar refractivity (Wildman–Crippen MR) is 92.7 cm³/mol. The lowest BCUT2D eigenvalue weighted by Gasteiger charge is -2.13. The number of hydrogen-bond donors (Lipinski definition) is 1. The summed E-state index contributed by atoms with van der Waals surface area (Å²) in [6, 6.07) is 14.9. The van der Waals surface area contributed by atoms with E-state index in [0.29, 0.717) is 5.56 Å². The van der Waals surface area contributed by atoms with Gasteiger partial charge in [-0.05, 0) is 55.7 Å². The molecule has 3 nitrogen and oxygen atoms in total. The zero-order chi connectivity index (χ0) is 16.1. The predicted octanol–water partition coefficient (Wildman–Crippen LogP) is 4.86. The number of ether oxygens (including phenoxy) is 1. The first-order chi connectivity index (χ1) is 11.2. The fourth-order valence-electron chi connectivity index (χ4n) is 2.37. The van der Waals surface area contributed by atoms with Crippen molar-refractivity contribution in [2.75, 3.05) is 5.32 Å². The molecule has 0 fully saturated rings. The first-order valence-electron chi connectivity index (χ1n) is 7.74. The highest BCUT2D eigenvalue weighted by molar-refractivity contribution is 6.04. The molecule has 1 N–H and O–H groups in total. The van der Waals surface area contributed by atoms with Crippen molar-refractivity contribution in [2.24, 2.45) is 0 Å². The fourth-order valence-corrected chi connectivity index (χ4v) is 2.37. The molecule has 0 aromatic heterocycles. The molecule has 0 radical (unpaired) electrons. The fraction of sp³-hybridized carbons (Fsp3) is 0.150. The van der Waals surface area contributed by atoms with Crippen LogP contribution in [0.15, 0.2) is 72.5 Å². The number of allylic oxidation sites excluding steroid dienone is 3. The topological polar surface area (TPSA) is 38.3 Å². The molecule has 23 heavy (non-hydrogen) atoms. The number of carbonyl (C=O) groups is 1. The van der Waals surface area contributed by atoms with E-state index in [1.807, 2.05) is 49.4 Å². The quantitative estimate of drug-likeness (QED) is 0.876. The van der Waals surface area contributed by atoms with Crippen molar-refractivity contribution in [3.05, 3.63) is 83.6 Å². The van der Waals surface area contributed by atoms with E-state index in [9.17, 15) is 4.79 Å². The van der Waals surface area contributed by atoms with Crippen LogP contribution < -0.4 is 10.1 Å². The summed E-state index contributed by atoms with van der Waals surface area (Å²) in [6.07, 6.45) is 8.22. The van der Waals surface area contributed by atoms with Crippen LogP contribution in [-0.4, -0.2) is 5.91 Å². The van der Waals surface area contributed by atoms with Crippen molar-refractivity contribution < 1.29 is 9.53 Å². The maximum atomic E-state index is 12.2. The van der Waals surface area contributed by atoms with Gasteiger partial charge in [0.25, 0.3) is 5.91 Å². The van der Waals surface area contributed by atoms with E-state index in [1.165, 1.54) is 0 Å². The van der Waals surface area contributed by atoms with Crippen molar-refractivity contribution >= 4 is 11.6 Å². The number of rotatable bonds is 4. The molecule has 1 aliphatic rings. The molecule has 2 aromatic rings. The van der Waals surface area contributed by atoms with Crippen LogP contribution in [0, 0.1) is 6.92 Å². The van der Waals surface area contributed by atoms with Crippen LogP contribution in [0.3, 0.4) is 0 Å². The van der Waals surface area contributed by atoms with Crippen LogP contribution in [0.25, 0.3) is 0 Å². The molecular weight excluding hydrogens is 286 g/mol. The standard InChI is InChI=1S/C20H19NO2/c1-15-12-13-17(21-20(22)16-8-4-2-5-9-16)14-19(15)23-18-10-6-3-7-11-18/h2,4-6,8-14H,3,7H2,1H3,(H,21,22). The molecule has 0 unspecified atom stereocenters. The summed E-state index contributed by atoms with van der Waals surface area (Å²) < 4.78 is 5.94. The zero-order valence-corrected chi connectivity index (χ0v) is 13.1. The summed E-state index contributed by atoms with van der Waals surface area (Å²) in [6.45, 7) is 1.99. The Kier molecular flexibility index (Phi) is 4.57. The monoisotopic (exact) mass is 305 g/mol. The van der Waals surface area contributed by atoms with Crippen LogP contribution in [0.1, 0.15) is 28.8 Å². The second kappa shape index (κ2) is 6.97. The Balaban J connectivity index is 1.76. The minimum absolute atomic E-state index is 0.128. The SMILES string of the molecule is Cc1ccc(NC(=O)c2ccccc2)cc1OC1=CCCC=C1. The first-order valence-corrected chi connectivity index (χ1v) is 7.74. The van der Waals surface area contributed by atoms with E-state index in [0.717, 1.165) is 35.6 Å². The Hall–Kier alpha value is -2.81. The number of carbonyl (C=O) groups excluding carboxylic acids is 1. The van der Waals surface area contributed by atoms with Crippen LogP contribution >= 0.6 is 0 Å². The van der Waals surface area contributed by atoms with E-state index < -0.39 is 0 Å². The summed E-state index contributed by atoms with van der Waals surface area (Å²) in [5.74, 6) is 1.48. The Morgan fingerprint density at radius 3 is 2.65 bits per heavy atom. The number of hydrogen-bond acceptors (Lipinski definition) is 2. The summed E-state index contributed by atoms with van der Waals surface area (Å²) in [5.41, 5.74) is 2.39. The van der Waals surface area contributed by atoms with Crippen molar-refractivity contribution in [2.45, 2.75) is 19.8 Å². The highest BCUT2D eigenvalue weighted by Crippen LogP contribution is 2.26. The normalized spacial score (nSPS) is 13.3. The van der Waals surface area contributed by atoms with Crippen molar-refractivity contribution in [1.82, 2.24) is 0 Å². The van der Waals surface area contributed by atoms with Crippen LogP contribution in [0.2, 0.25) is 0 Å². The summed E-state index contributed by atoms with van der Waals surface area (Å²) >= 11 is 0. The Labute approximate surface area is 136 Å². The number of amides is 1. The molecule has 0 heterocycles. The molecule has 1 amide bonds. The molecule has 0 bridgehead atoms. The van der Waals surface area contributed by atoms with Gasteiger partial charge in [-0.3, -0.25) is 4.79 Å². The Morgan fingerprint density at radius 2 is 1.91 bits per heavy atom. The molecule has 0 aliphatic heterocycles. The third kappa shape index (κ3) is 3.89. The molecule has 0 atom stereocenters. The van der Waals surface area contributed by atoms with Crippen molar-refractivity contribution in [3.8, 4) is 5.75 Å². The highest BCUT2D eigenvalue weighted by atomic mass is 16.5. The minimum atomic E-state index is -0.128. The third-order valence-electron chi connectivity index (χ3n) is 3.67. The molecule has 0 spiro atoms. The third-order valence-corrected chi connectivity index (χ3v) is 3.67. The van der Waals surface area contributed by atoms with E-state index in [2.05, 4.69) is 17.5 Å². The second-order valence-corrected chi connectivity index (χ2v) is 5.49. The highest BCUT2D eigenvalue weighted by Gasteiger charge is 2.09. The maximum Gasteiger partial charge on any atom is 0.255 e. The van der Waals surface area contributed by atoms with Gasteiger partial charge in [-0.1, -0.05) is 30.3 Å². The second-order valence-electron chi connectivity index (χ2n) is 5.49. The molecule has 1 aliphatic carbocycles. The van der Waals surface area contributed by atoms with E-state index in [1.54, 1.807) is 12.1 Å². The summed E-state index contributed by atoms with van der Waals surface area (Å²) in [7, 11) is 0. The molecule has 3 heteroatoms. The molecular formula is C20H19NO2. The molecule has 0 saturated carbocycles. The van der Waals surface area contributed by atoms with Crippen molar-refractivity contribution in [3.63, 3.8) is 0 Å². The van der Waals surface area contributed by atoms with E-state index in [-0.39, 0.29) is 5.91 Å². The van der Waals surface area contributed by atoms with Crippen LogP contribution in [0.5, 0.6) is 5.75 Å². The number of benzene rings is 2. The molecule has 116 valence electrons. The zero-order valence-electron chi connectivity index (χ0n) is 13.1. The smallest absolute Gasteiger partial charge is 0.255 e. The number of aryl methyl sites for hydroxylation is 1. The molecule has 3 rings (SSSR count). The molecule has 2 aromatic carbocycles. The van der Waals surface area contributed by atoms with Gasteiger partial charge in [0.15, 0.2) is 0 Å². The van der Waals surface area contributed by atoms with Gasteiger partial charge in [0.1, 0.15) is 11.5 Å². The number of anilines is 1. The van der Waals surface area contributed by atoms with E-state index >= 15 is 0 Å². The Morgan fingerprint density at radius 1 is 1.09 bits per heavy atom. The Bertz CT molecular complexity index is 760. The van der Waals surface area contributed by atoms with Crippen LogP contribution in [0.4, 0.5) is 5.69 Å². The first kappa shape index (κ1) is 15.1. The summed E-state index contributed by atoms with van der Waals surface area (Å²) in [5, 5.41) is 2.91. The average molecular weight is 305 g/mol. The van der Waals surface area contributed by atoms with Crippen LogP contribution in [-0.2, 0) is 0 Å². The van der Waals surface area contributed by atoms with Crippen molar-refractivity contribution in [1.29, 1.82) is 0 Å². The van der Waals surface area contributed by atoms with Gasteiger partial charge in [0, 0.05) is 17.3 Å². The lowest BCUT2D eigenvalue weighted by molar-refractivity contribution is 0.102. The van der Waals surface area contributed by atoms with Gasteiger partial charge in [-0.15, -0.1) is 0 Å².